The van der Waals surface area contributed by atoms with Gasteiger partial charge in [0.1, 0.15) is 5.76 Å². The minimum absolute atomic E-state index is 0.00625. The van der Waals surface area contributed by atoms with Gasteiger partial charge in [-0.3, -0.25) is 4.79 Å². The van der Waals surface area contributed by atoms with Gasteiger partial charge in [-0.2, -0.15) is 0 Å². The van der Waals surface area contributed by atoms with Gasteiger partial charge in [0.2, 0.25) is 5.91 Å². The van der Waals surface area contributed by atoms with Crippen molar-refractivity contribution in [2.75, 3.05) is 0 Å². The Hall–Kier alpha value is -1.36. The van der Waals surface area contributed by atoms with E-state index >= 15 is 0 Å². The highest BCUT2D eigenvalue weighted by atomic mass is 16.5. The molecule has 0 radical (unpaired) electrons. The zero-order valence-electron chi connectivity index (χ0n) is 11.0. The molecule has 0 aliphatic heterocycles. The van der Waals surface area contributed by atoms with Gasteiger partial charge in [-0.15, -0.1) is 0 Å². The van der Waals surface area contributed by atoms with Gasteiger partial charge in [0.15, 0.2) is 0 Å². The van der Waals surface area contributed by atoms with Crippen LogP contribution in [0.15, 0.2) is 4.52 Å². The summed E-state index contributed by atoms with van der Waals surface area (Å²) in [7, 11) is 0. The Labute approximate surface area is 107 Å². The van der Waals surface area contributed by atoms with Crippen molar-refractivity contribution < 1.29 is 9.32 Å². The number of rotatable bonds is 3. The lowest BCUT2D eigenvalue weighted by atomic mass is 9.91. The molecular weight excluding hydrogens is 230 g/mol. The Morgan fingerprint density at radius 1 is 1.44 bits per heavy atom. The highest BCUT2D eigenvalue weighted by Gasteiger charge is 2.24. The summed E-state index contributed by atoms with van der Waals surface area (Å²) in [6.45, 7) is 3.68. The molecule has 0 saturated heterocycles. The minimum atomic E-state index is 0.00625. The van der Waals surface area contributed by atoms with Crippen molar-refractivity contribution in [1.29, 1.82) is 0 Å². The van der Waals surface area contributed by atoms with Crippen molar-refractivity contribution >= 4 is 5.91 Å². The molecule has 1 saturated carbocycles. The van der Waals surface area contributed by atoms with Gasteiger partial charge in [0.25, 0.3) is 0 Å². The molecule has 1 aromatic rings. The molecule has 1 amide bonds. The predicted octanol–water partition coefficient (Wildman–Crippen LogP) is 1.22. The molecule has 2 rings (SSSR count). The third kappa shape index (κ3) is 2.90. The van der Waals surface area contributed by atoms with Gasteiger partial charge in [-0.05, 0) is 26.7 Å². The van der Waals surface area contributed by atoms with Crippen molar-refractivity contribution in [2.24, 2.45) is 5.73 Å². The Kier molecular flexibility index (Phi) is 4.01. The van der Waals surface area contributed by atoms with Gasteiger partial charge in [-0.1, -0.05) is 18.0 Å². The molecule has 5 heteroatoms. The largest absolute Gasteiger partial charge is 0.361 e. The van der Waals surface area contributed by atoms with Crippen molar-refractivity contribution in [1.82, 2.24) is 10.5 Å². The summed E-state index contributed by atoms with van der Waals surface area (Å²) in [4.78, 5) is 12.0. The fourth-order valence-corrected chi connectivity index (χ4v) is 2.51. The topological polar surface area (TPSA) is 81.2 Å². The number of hydrogen-bond donors (Lipinski definition) is 2. The van der Waals surface area contributed by atoms with Crippen LogP contribution in [-0.2, 0) is 11.2 Å². The molecule has 0 aromatic carbocycles. The van der Waals surface area contributed by atoms with E-state index in [2.05, 4.69) is 10.5 Å². The molecule has 1 aromatic heterocycles. The number of hydrogen-bond acceptors (Lipinski definition) is 4. The van der Waals surface area contributed by atoms with Gasteiger partial charge in [-0.25, -0.2) is 0 Å². The van der Waals surface area contributed by atoms with Gasteiger partial charge >= 0.3 is 0 Å². The molecule has 1 heterocycles. The highest BCUT2D eigenvalue weighted by Crippen LogP contribution is 2.18. The zero-order valence-corrected chi connectivity index (χ0v) is 11.0. The lowest BCUT2D eigenvalue weighted by Crippen LogP contribution is -2.49. The fraction of sp³-hybridized carbons (Fsp3) is 0.692. The smallest absolute Gasteiger partial charge is 0.224 e. The van der Waals surface area contributed by atoms with Crippen LogP contribution < -0.4 is 11.1 Å². The van der Waals surface area contributed by atoms with Crippen molar-refractivity contribution in [3.63, 3.8) is 0 Å². The molecule has 100 valence electrons. The Balaban J connectivity index is 1.92. The van der Waals surface area contributed by atoms with Crippen LogP contribution in [0.3, 0.4) is 0 Å². The molecule has 0 bridgehead atoms. The molecule has 2 unspecified atom stereocenters. The summed E-state index contributed by atoms with van der Waals surface area (Å²) in [6, 6.07) is 0.207. The third-order valence-electron chi connectivity index (χ3n) is 3.68. The molecule has 1 aliphatic rings. The first-order valence-electron chi connectivity index (χ1n) is 6.54. The summed E-state index contributed by atoms with van der Waals surface area (Å²) >= 11 is 0. The molecule has 0 spiro atoms. The summed E-state index contributed by atoms with van der Waals surface area (Å²) in [5, 5.41) is 6.88. The number of carbonyl (C=O) groups is 1. The molecule has 18 heavy (non-hydrogen) atoms. The maximum absolute atomic E-state index is 12.0. The lowest BCUT2D eigenvalue weighted by molar-refractivity contribution is -0.121. The summed E-state index contributed by atoms with van der Waals surface area (Å²) in [5.74, 6) is 0.724. The minimum Gasteiger partial charge on any atom is -0.361 e. The van der Waals surface area contributed by atoms with Crippen LogP contribution >= 0.6 is 0 Å². The lowest BCUT2D eigenvalue weighted by Gasteiger charge is -2.29. The summed E-state index contributed by atoms with van der Waals surface area (Å²) in [6.07, 6.45) is 4.61. The standard InChI is InChI=1S/C13H21N3O2/c1-8-10(9(2)18-16-8)7-13(17)15-12-6-4-3-5-11(12)14/h11-12H,3-7,14H2,1-2H3,(H,15,17). The van der Waals surface area contributed by atoms with E-state index in [1.165, 1.54) is 0 Å². The molecule has 1 fully saturated rings. The quantitative estimate of drug-likeness (QED) is 0.846. The normalized spacial score (nSPS) is 23.9. The molecule has 5 nitrogen and oxygen atoms in total. The van der Waals surface area contributed by atoms with Crippen molar-refractivity contribution in [3.8, 4) is 0 Å². The van der Waals surface area contributed by atoms with E-state index in [0.29, 0.717) is 6.42 Å². The van der Waals surface area contributed by atoms with E-state index in [0.717, 1.165) is 42.7 Å². The monoisotopic (exact) mass is 251 g/mol. The Bertz CT molecular complexity index is 408. The number of aromatic nitrogens is 1. The summed E-state index contributed by atoms with van der Waals surface area (Å²) < 4.78 is 5.05. The predicted molar refractivity (Wildman–Crippen MR) is 68.1 cm³/mol. The van der Waals surface area contributed by atoms with E-state index in [9.17, 15) is 4.79 Å². The number of nitrogens with two attached hydrogens (primary N) is 1. The number of nitrogens with zero attached hydrogens (tertiary/aromatic N) is 1. The second-order valence-corrected chi connectivity index (χ2v) is 5.10. The van der Waals surface area contributed by atoms with Crippen LogP contribution in [0.4, 0.5) is 0 Å². The van der Waals surface area contributed by atoms with Crippen molar-refractivity contribution in [2.45, 2.75) is 58.0 Å². The Morgan fingerprint density at radius 2 is 2.17 bits per heavy atom. The first-order chi connectivity index (χ1) is 8.58. The van der Waals surface area contributed by atoms with Crippen LogP contribution in [0.25, 0.3) is 0 Å². The maximum Gasteiger partial charge on any atom is 0.224 e. The first-order valence-corrected chi connectivity index (χ1v) is 6.54. The SMILES string of the molecule is Cc1noc(C)c1CC(=O)NC1CCCCC1N. The first kappa shape index (κ1) is 13.1. The van der Waals surface area contributed by atoms with Gasteiger partial charge < -0.3 is 15.6 Å². The van der Waals surface area contributed by atoms with E-state index < -0.39 is 0 Å². The Morgan fingerprint density at radius 3 is 2.78 bits per heavy atom. The summed E-state index contributed by atoms with van der Waals surface area (Å²) in [5.41, 5.74) is 7.69. The van der Waals surface area contributed by atoms with Crippen LogP contribution in [0, 0.1) is 13.8 Å². The van der Waals surface area contributed by atoms with Crippen LogP contribution in [0.5, 0.6) is 0 Å². The molecule has 1 aliphatic carbocycles. The van der Waals surface area contributed by atoms with Crippen molar-refractivity contribution in [3.05, 3.63) is 17.0 Å². The van der Waals surface area contributed by atoms with E-state index in [-0.39, 0.29) is 18.0 Å². The number of carbonyl (C=O) groups excluding carboxylic acids is 1. The van der Waals surface area contributed by atoms with E-state index in [1.54, 1.807) is 0 Å². The van der Waals surface area contributed by atoms with E-state index in [1.807, 2.05) is 13.8 Å². The average Bonchev–Trinajstić information content (AvgIpc) is 2.64. The second-order valence-electron chi connectivity index (χ2n) is 5.10. The highest BCUT2D eigenvalue weighted by molar-refractivity contribution is 5.79. The van der Waals surface area contributed by atoms with Crippen LogP contribution in [-0.4, -0.2) is 23.1 Å². The van der Waals surface area contributed by atoms with Crippen LogP contribution in [0.2, 0.25) is 0 Å². The third-order valence-corrected chi connectivity index (χ3v) is 3.68. The number of aryl methyl sites for hydroxylation is 2. The van der Waals surface area contributed by atoms with Gasteiger partial charge in [0.05, 0.1) is 12.1 Å². The van der Waals surface area contributed by atoms with Crippen LogP contribution in [0.1, 0.15) is 42.7 Å². The molecular formula is C13H21N3O2. The average molecular weight is 251 g/mol. The zero-order chi connectivity index (χ0) is 13.1. The second kappa shape index (κ2) is 5.52. The molecule has 2 atom stereocenters. The maximum atomic E-state index is 12.0. The number of amides is 1. The van der Waals surface area contributed by atoms with Gasteiger partial charge in [0, 0.05) is 17.6 Å². The number of nitrogens with one attached hydrogen (secondary N) is 1. The fourth-order valence-electron chi connectivity index (χ4n) is 2.51. The molecule has 3 N–H and O–H groups in total. The van der Waals surface area contributed by atoms with E-state index in [4.69, 9.17) is 10.3 Å².